The van der Waals surface area contributed by atoms with E-state index in [1.807, 2.05) is 30.3 Å². The molecule has 260 valence electrons. The molecule has 0 amide bonds. The van der Waals surface area contributed by atoms with Crippen molar-refractivity contribution in [2.45, 2.75) is 19.3 Å². The van der Waals surface area contributed by atoms with Crippen LogP contribution in [0.15, 0.2) is 192 Å². The molecule has 2 nitrogen and oxygen atoms in total. The van der Waals surface area contributed by atoms with Gasteiger partial charge in [-0.25, -0.2) is 0 Å². The van der Waals surface area contributed by atoms with Crippen molar-refractivity contribution in [3.8, 4) is 33.4 Å². The van der Waals surface area contributed by atoms with Gasteiger partial charge < -0.3 is 9.32 Å². The molecule has 1 aromatic heterocycles. The molecule has 0 fully saturated rings. The Morgan fingerprint density at radius 1 is 0.491 bits per heavy atom. The Bertz CT molecular complexity index is 3520. The summed E-state index contributed by atoms with van der Waals surface area (Å²) >= 11 is 0. The lowest BCUT2D eigenvalue weighted by Crippen LogP contribution is -2.16. The van der Waals surface area contributed by atoms with Gasteiger partial charge in [-0.1, -0.05) is 147 Å². The molecule has 0 bridgehead atoms. The molecule has 0 spiro atoms. The van der Waals surface area contributed by atoms with Gasteiger partial charge >= 0.3 is 0 Å². The highest BCUT2D eigenvalue weighted by atomic mass is 16.3. The molecule has 0 saturated carbocycles. The lowest BCUT2D eigenvalue weighted by molar-refractivity contribution is 0.660. The number of benzene rings is 9. The first kappa shape index (κ1) is 25.2. The number of para-hydroxylation sites is 1. The third-order valence-corrected chi connectivity index (χ3v) is 11.3. The zero-order valence-corrected chi connectivity index (χ0v) is 30.2. The van der Waals surface area contributed by atoms with E-state index in [2.05, 4.69) is 122 Å². The fraction of sp³-hybridized carbons (Fsp3) is 0.0566. The minimum Gasteiger partial charge on any atom is -0.455 e. The first-order chi connectivity index (χ1) is 30.0. The smallest absolute Gasteiger partial charge is 0.143 e. The standard InChI is InChI=1S/C53H37NO/c1-53(2)48-21-11-10-18-43(48)44-30-29-40(32-49(44)53)54(38-15-4-3-5-16-38)39-27-25-35(26-28-39)46-33-47-51-41(37-24-23-34-13-6-7-14-36(34)31-37)20-12-22-50(51)55-52(47)45-19-9-8-17-42(45)46/h3-33H,1-2H3/i6D,7D,13D,14D,23D,24D,31D. The van der Waals surface area contributed by atoms with E-state index in [0.29, 0.717) is 22.1 Å². The van der Waals surface area contributed by atoms with Gasteiger partial charge in [0.1, 0.15) is 11.2 Å². The van der Waals surface area contributed by atoms with Crippen LogP contribution in [0.3, 0.4) is 0 Å². The van der Waals surface area contributed by atoms with Gasteiger partial charge in [0.15, 0.2) is 0 Å². The first-order valence-electron chi connectivity index (χ1n) is 22.0. The molecule has 55 heavy (non-hydrogen) atoms. The summed E-state index contributed by atoms with van der Waals surface area (Å²) in [7, 11) is 0. The van der Waals surface area contributed by atoms with Gasteiger partial charge in [-0.05, 0) is 115 Å². The van der Waals surface area contributed by atoms with Crippen LogP contribution < -0.4 is 4.90 Å². The summed E-state index contributed by atoms with van der Waals surface area (Å²) in [6, 6.07) is 47.4. The SMILES string of the molecule is [2H]c1c([2H])c([2H])c2c([2H])c(-c3cccc4oc5c6ccccc6c(-c6ccc(N(c7ccccc7)c7ccc8c(c7)C(C)(C)c7ccccc7-8)cc6)cc5c34)c([2H])c([2H])c2c1[2H]. The van der Waals surface area contributed by atoms with Crippen LogP contribution in [0.4, 0.5) is 17.1 Å². The minimum absolute atomic E-state index is 0.0822. The van der Waals surface area contributed by atoms with Crippen LogP contribution in [-0.4, -0.2) is 0 Å². The summed E-state index contributed by atoms with van der Waals surface area (Å²) in [4.78, 5) is 2.29. The number of hydrogen-bond acceptors (Lipinski definition) is 2. The van der Waals surface area contributed by atoms with Gasteiger partial charge in [-0.15, -0.1) is 0 Å². The van der Waals surface area contributed by atoms with Crippen LogP contribution in [0.2, 0.25) is 0 Å². The summed E-state index contributed by atoms with van der Waals surface area (Å²) in [6.07, 6.45) is 0. The molecule has 0 radical (unpaired) electrons. The maximum atomic E-state index is 9.34. The molecule has 1 aliphatic rings. The van der Waals surface area contributed by atoms with Crippen LogP contribution in [-0.2, 0) is 5.41 Å². The van der Waals surface area contributed by atoms with E-state index in [-0.39, 0.29) is 39.9 Å². The second kappa shape index (κ2) is 12.1. The molecule has 2 heteroatoms. The van der Waals surface area contributed by atoms with Crippen molar-refractivity contribution in [1.29, 1.82) is 0 Å². The van der Waals surface area contributed by atoms with Crippen LogP contribution in [0.1, 0.15) is 34.6 Å². The molecule has 1 aliphatic carbocycles. The molecule has 0 aliphatic heterocycles. The third-order valence-electron chi connectivity index (χ3n) is 11.3. The maximum Gasteiger partial charge on any atom is 0.143 e. The summed E-state index contributed by atoms with van der Waals surface area (Å²) in [6.45, 7) is 4.60. The maximum absolute atomic E-state index is 9.34. The summed E-state index contributed by atoms with van der Waals surface area (Å²) in [5.41, 5.74) is 11.9. The molecular formula is C53H37NO. The molecule has 1 heterocycles. The Kier molecular flexibility index (Phi) is 5.52. The monoisotopic (exact) mass is 710 g/mol. The van der Waals surface area contributed by atoms with E-state index in [1.54, 1.807) is 12.1 Å². The minimum atomic E-state index is -0.496. The van der Waals surface area contributed by atoms with Gasteiger partial charge in [0.2, 0.25) is 0 Å². The highest BCUT2D eigenvalue weighted by molar-refractivity contribution is 6.22. The number of fused-ring (bicyclic) bond motifs is 9. The predicted molar refractivity (Wildman–Crippen MR) is 232 cm³/mol. The van der Waals surface area contributed by atoms with Crippen molar-refractivity contribution < 1.29 is 14.0 Å². The molecule has 0 unspecified atom stereocenters. The lowest BCUT2D eigenvalue weighted by atomic mass is 9.82. The van der Waals surface area contributed by atoms with E-state index in [0.717, 1.165) is 44.3 Å². The van der Waals surface area contributed by atoms with Gasteiger partial charge in [0, 0.05) is 38.6 Å². The number of hydrogen-bond donors (Lipinski definition) is 0. The van der Waals surface area contributed by atoms with Gasteiger partial charge in [-0.2, -0.15) is 0 Å². The number of nitrogens with zero attached hydrogens (tertiary/aromatic N) is 1. The van der Waals surface area contributed by atoms with Crippen LogP contribution >= 0.6 is 0 Å². The van der Waals surface area contributed by atoms with Crippen LogP contribution in [0.5, 0.6) is 0 Å². The summed E-state index contributed by atoms with van der Waals surface area (Å²) in [5, 5.41) is 3.09. The highest BCUT2D eigenvalue weighted by Crippen LogP contribution is 2.51. The number of rotatable bonds is 5. The van der Waals surface area contributed by atoms with E-state index in [9.17, 15) is 1.37 Å². The van der Waals surface area contributed by atoms with Crippen LogP contribution in [0, 0.1) is 0 Å². The molecule has 10 aromatic rings. The first-order valence-corrected chi connectivity index (χ1v) is 18.5. The summed E-state index contributed by atoms with van der Waals surface area (Å²) in [5.74, 6) is 0. The molecule has 11 rings (SSSR count). The molecule has 0 atom stereocenters. The van der Waals surface area contributed by atoms with Crippen molar-refractivity contribution in [3.05, 3.63) is 199 Å². The molecular weight excluding hydrogens is 667 g/mol. The van der Waals surface area contributed by atoms with Crippen molar-refractivity contribution in [2.75, 3.05) is 4.90 Å². The number of furan rings is 1. The van der Waals surface area contributed by atoms with Gasteiger partial charge in [-0.3, -0.25) is 0 Å². The Balaban J connectivity index is 1.09. The van der Waals surface area contributed by atoms with Crippen molar-refractivity contribution >= 4 is 60.5 Å². The Morgan fingerprint density at radius 3 is 2.04 bits per heavy atom. The van der Waals surface area contributed by atoms with Crippen molar-refractivity contribution in [3.63, 3.8) is 0 Å². The normalized spacial score (nSPS) is 14.8. The van der Waals surface area contributed by atoms with Gasteiger partial charge in [0.25, 0.3) is 0 Å². The Labute approximate surface area is 330 Å². The molecule has 0 saturated heterocycles. The van der Waals surface area contributed by atoms with E-state index in [4.69, 9.17) is 12.6 Å². The average molecular weight is 711 g/mol. The van der Waals surface area contributed by atoms with E-state index >= 15 is 0 Å². The second-order valence-corrected chi connectivity index (χ2v) is 14.7. The zero-order valence-electron chi connectivity index (χ0n) is 37.2. The predicted octanol–water partition coefficient (Wildman–Crippen LogP) is 15.0. The van der Waals surface area contributed by atoms with E-state index in [1.165, 1.54) is 22.3 Å². The molecule has 0 N–H and O–H groups in total. The Hall–Kier alpha value is -6.90. The topological polar surface area (TPSA) is 16.4 Å². The number of anilines is 3. The Morgan fingerprint density at radius 2 is 1.18 bits per heavy atom. The quantitative estimate of drug-likeness (QED) is 0.177. The lowest BCUT2D eigenvalue weighted by Gasteiger charge is -2.28. The largest absolute Gasteiger partial charge is 0.455 e. The van der Waals surface area contributed by atoms with Gasteiger partial charge in [0.05, 0.1) is 9.60 Å². The third kappa shape index (κ3) is 4.88. The van der Waals surface area contributed by atoms with Crippen molar-refractivity contribution in [1.82, 2.24) is 0 Å². The fourth-order valence-corrected chi connectivity index (χ4v) is 8.66. The van der Waals surface area contributed by atoms with Crippen LogP contribution in [0.25, 0.3) is 76.9 Å². The highest BCUT2D eigenvalue weighted by Gasteiger charge is 2.35. The summed E-state index contributed by atoms with van der Waals surface area (Å²) < 4.78 is 67.9. The fourth-order valence-electron chi connectivity index (χ4n) is 8.66. The zero-order chi connectivity index (χ0) is 42.8. The second-order valence-electron chi connectivity index (χ2n) is 14.7. The molecule has 9 aromatic carbocycles. The van der Waals surface area contributed by atoms with Crippen molar-refractivity contribution in [2.24, 2.45) is 0 Å². The average Bonchev–Trinajstić information content (AvgIpc) is 3.79. The van der Waals surface area contributed by atoms with E-state index < -0.39 is 24.2 Å².